The van der Waals surface area contributed by atoms with Crippen molar-refractivity contribution in [2.75, 3.05) is 46.3 Å². The maximum absolute atomic E-state index is 2.82. The van der Waals surface area contributed by atoms with Crippen LogP contribution >= 0.6 is 0 Å². The molecule has 0 N–H and O–H groups in total. The predicted octanol–water partition coefficient (Wildman–Crippen LogP) is 15.0. The Balaban J connectivity index is 0. The van der Waals surface area contributed by atoms with Crippen LogP contribution in [0.15, 0.2) is 0 Å². The Hall–Kier alpha value is -0.120. The van der Waals surface area contributed by atoms with E-state index in [9.17, 15) is 0 Å². The average molecular weight is 750 g/mol. The highest BCUT2D eigenvalue weighted by Gasteiger charge is 2.45. The molecule has 3 heteroatoms. The summed E-state index contributed by atoms with van der Waals surface area (Å²) in [7, 11) is 2.27. The number of likely N-dealkylation sites (tertiary alicyclic amines) is 3. The molecule has 3 rings (SSSR count). The molecule has 0 bridgehead atoms. The first-order valence-corrected chi connectivity index (χ1v) is 22.8. The van der Waals surface area contributed by atoms with E-state index in [0.717, 1.165) is 23.7 Å². The maximum Gasteiger partial charge on any atom is 0.0158 e. The minimum atomic E-state index is 0. The minimum Gasteiger partial charge on any atom is -0.306 e. The smallest absolute Gasteiger partial charge is 0.0158 e. The van der Waals surface area contributed by atoms with Gasteiger partial charge in [-0.25, -0.2) is 0 Å². The zero-order valence-electron chi connectivity index (χ0n) is 40.8. The minimum absolute atomic E-state index is 0. The highest BCUT2D eigenvalue weighted by molar-refractivity contribution is 4.97. The van der Waals surface area contributed by atoms with E-state index in [1.54, 1.807) is 0 Å². The van der Waals surface area contributed by atoms with Gasteiger partial charge in [-0.1, -0.05) is 138 Å². The quantitative estimate of drug-likeness (QED) is 0.208. The van der Waals surface area contributed by atoms with Gasteiger partial charge in [0.15, 0.2) is 0 Å². The molecule has 3 aliphatic heterocycles. The normalized spacial score (nSPS) is 20.4. The van der Waals surface area contributed by atoms with Gasteiger partial charge in [0.2, 0.25) is 0 Å². The van der Waals surface area contributed by atoms with E-state index in [1.807, 2.05) is 27.7 Å². The van der Waals surface area contributed by atoms with Crippen LogP contribution in [0.5, 0.6) is 0 Å². The number of nitrogens with zero attached hydrogens (tertiary/aromatic N) is 3. The van der Waals surface area contributed by atoms with Crippen LogP contribution in [0.4, 0.5) is 0 Å². The monoisotopic (exact) mass is 750 g/mol. The van der Waals surface area contributed by atoms with Gasteiger partial charge in [-0.3, -0.25) is 9.80 Å². The van der Waals surface area contributed by atoms with Gasteiger partial charge in [-0.2, -0.15) is 0 Å². The van der Waals surface area contributed by atoms with Crippen LogP contribution in [0.1, 0.15) is 218 Å². The zero-order valence-corrected chi connectivity index (χ0v) is 40.8. The molecule has 0 spiro atoms. The van der Waals surface area contributed by atoms with Crippen molar-refractivity contribution in [2.24, 2.45) is 50.7 Å². The molecular weight excluding hydrogens is 643 g/mol. The molecule has 3 fully saturated rings. The Kier molecular flexibility index (Phi) is 23.0. The maximum atomic E-state index is 2.82. The van der Waals surface area contributed by atoms with Gasteiger partial charge in [0, 0.05) is 11.1 Å². The van der Waals surface area contributed by atoms with Crippen LogP contribution in [0, 0.1) is 50.7 Å². The topological polar surface area (TPSA) is 9.72 Å². The fraction of sp³-hybridized carbons (Fsp3) is 1.00. The summed E-state index contributed by atoms with van der Waals surface area (Å²) in [6.07, 6.45) is 12.1. The van der Waals surface area contributed by atoms with Crippen molar-refractivity contribution >= 4 is 0 Å². The van der Waals surface area contributed by atoms with E-state index < -0.39 is 0 Å². The van der Waals surface area contributed by atoms with Gasteiger partial charge in [0.1, 0.15) is 0 Å². The van der Waals surface area contributed by atoms with Crippen LogP contribution in [-0.4, -0.2) is 72.1 Å². The molecule has 3 aliphatic rings. The summed E-state index contributed by atoms with van der Waals surface area (Å²) in [5.74, 6) is 3.41. The SMILES string of the molecule is C.CC.CC.CC(C)C(C)(C)C1CCN(C(C)(C)CC(C)(C)C2CCN(C)CC2)CC1.CCC(C)(C)C(C)(C)C1CCN(C(C)(C)CC(C)(C)C)CC1. The molecule has 3 heterocycles. The fourth-order valence-corrected chi connectivity index (χ4v) is 10.5. The number of hydrogen-bond acceptors (Lipinski definition) is 3. The molecule has 0 radical (unpaired) electrons. The molecule has 3 nitrogen and oxygen atoms in total. The first kappa shape index (κ1) is 55.0. The van der Waals surface area contributed by atoms with Crippen molar-refractivity contribution in [1.82, 2.24) is 14.7 Å². The lowest BCUT2D eigenvalue weighted by atomic mass is 9.58. The van der Waals surface area contributed by atoms with E-state index in [0.29, 0.717) is 38.2 Å². The van der Waals surface area contributed by atoms with Crippen molar-refractivity contribution in [3.63, 3.8) is 0 Å². The standard InChI is InChI=1S/C24H48N2.C21H43N.2C2H6.CH4/c1-19(2)24(7,8)21-12-16-26(17-13-21)23(5,6)18-22(3,4)20-10-14-25(9)15-11-20;1-11-19(5,6)21(9,10)17-12-14-22(15-13-17)20(7,8)16-18(2,3)4;2*1-2;/h19-21H,10-18H2,1-9H3;17H,11-16H2,1-10H3;2*1-2H3;1H4. The highest BCUT2D eigenvalue weighted by atomic mass is 15.2. The van der Waals surface area contributed by atoms with Crippen LogP contribution < -0.4 is 0 Å². The lowest BCUT2D eigenvalue weighted by Crippen LogP contribution is -2.53. The van der Waals surface area contributed by atoms with Crippen molar-refractivity contribution in [3.8, 4) is 0 Å². The molecule has 53 heavy (non-hydrogen) atoms. The molecule has 0 aliphatic carbocycles. The molecule has 0 unspecified atom stereocenters. The van der Waals surface area contributed by atoms with Crippen LogP contribution in [0.25, 0.3) is 0 Å². The van der Waals surface area contributed by atoms with Gasteiger partial charge in [-0.05, 0) is 176 Å². The Morgan fingerprint density at radius 2 is 0.849 bits per heavy atom. The highest BCUT2D eigenvalue weighted by Crippen LogP contribution is 2.51. The Bertz CT molecular complexity index is 938. The first-order chi connectivity index (χ1) is 23.6. The van der Waals surface area contributed by atoms with Crippen molar-refractivity contribution in [1.29, 1.82) is 0 Å². The van der Waals surface area contributed by atoms with E-state index >= 15 is 0 Å². The van der Waals surface area contributed by atoms with E-state index in [-0.39, 0.29) is 7.43 Å². The second kappa shape index (κ2) is 22.1. The average Bonchev–Trinajstić information content (AvgIpc) is 3.05. The molecule has 0 saturated carbocycles. The number of hydrogen-bond donors (Lipinski definition) is 0. The van der Waals surface area contributed by atoms with Gasteiger partial charge >= 0.3 is 0 Å². The molecular formula is C50H107N3. The predicted molar refractivity (Wildman–Crippen MR) is 245 cm³/mol. The van der Waals surface area contributed by atoms with Gasteiger partial charge in [0.05, 0.1) is 0 Å². The van der Waals surface area contributed by atoms with E-state index in [2.05, 4.69) is 146 Å². The molecule has 0 aromatic heterocycles. The molecule has 0 aromatic rings. The second-order valence-electron chi connectivity index (χ2n) is 22.6. The van der Waals surface area contributed by atoms with E-state index in [4.69, 9.17) is 0 Å². The van der Waals surface area contributed by atoms with Crippen LogP contribution in [0.2, 0.25) is 0 Å². The third-order valence-electron chi connectivity index (χ3n) is 15.6. The van der Waals surface area contributed by atoms with Crippen molar-refractivity contribution < 1.29 is 0 Å². The zero-order chi connectivity index (χ0) is 41.1. The van der Waals surface area contributed by atoms with Crippen molar-refractivity contribution in [2.45, 2.75) is 229 Å². The Morgan fingerprint density at radius 3 is 1.19 bits per heavy atom. The third kappa shape index (κ3) is 16.0. The molecule has 0 amide bonds. The number of rotatable bonds is 11. The summed E-state index contributed by atoms with van der Waals surface area (Å²) in [4.78, 5) is 8.07. The van der Waals surface area contributed by atoms with Crippen molar-refractivity contribution in [3.05, 3.63) is 0 Å². The van der Waals surface area contributed by atoms with Crippen LogP contribution in [-0.2, 0) is 0 Å². The van der Waals surface area contributed by atoms with Gasteiger partial charge in [-0.15, -0.1) is 0 Å². The van der Waals surface area contributed by atoms with Crippen LogP contribution in [0.3, 0.4) is 0 Å². The van der Waals surface area contributed by atoms with Gasteiger partial charge in [0.25, 0.3) is 0 Å². The summed E-state index contributed by atoms with van der Waals surface area (Å²) in [6.45, 7) is 59.9. The lowest BCUT2D eigenvalue weighted by molar-refractivity contribution is -0.0268. The summed E-state index contributed by atoms with van der Waals surface area (Å²) < 4.78 is 0. The molecule has 0 aromatic carbocycles. The summed E-state index contributed by atoms with van der Waals surface area (Å²) in [5, 5.41) is 0. The van der Waals surface area contributed by atoms with Gasteiger partial charge < -0.3 is 4.90 Å². The summed E-state index contributed by atoms with van der Waals surface area (Å²) >= 11 is 0. The first-order valence-electron chi connectivity index (χ1n) is 22.8. The third-order valence-corrected chi connectivity index (χ3v) is 15.6. The van der Waals surface area contributed by atoms with E-state index in [1.165, 1.54) is 97.1 Å². The molecule has 0 atom stereocenters. The second-order valence-corrected chi connectivity index (χ2v) is 22.6. The summed E-state index contributed by atoms with van der Waals surface area (Å²) in [5.41, 5.74) is 2.84. The lowest BCUT2D eigenvalue weighted by Gasteiger charge is -2.52. The largest absolute Gasteiger partial charge is 0.306 e. The fourth-order valence-electron chi connectivity index (χ4n) is 10.5. The summed E-state index contributed by atoms with van der Waals surface area (Å²) in [6, 6.07) is 0. The number of piperidine rings is 3. The Morgan fingerprint density at radius 1 is 0.509 bits per heavy atom. The molecule has 3 saturated heterocycles. The Labute approximate surface area is 339 Å². The molecule has 322 valence electrons.